The van der Waals surface area contributed by atoms with Gasteiger partial charge in [-0.2, -0.15) is 5.26 Å². The predicted octanol–water partition coefficient (Wildman–Crippen LogP) is 4.89. The third kappa shape index (κ3) is 7.83. The van der Waals surface area contributed by atoms with Crippen molar-refractivity contribution in [3.8, 4) is 23.3 Å². The lowest BCUT2D eigenvalue weighted by atomic mass is 10.2. The van der Waals surface area contributed by atoms with E-state index in [1.807, 2.05) is 18.2 Å². The van der Waals surface area contributed by atoms with Crippen molar-refractivity contribution in [2.75, 3.05) is 13.2 Å². The molecule has 0 atom stereocenters. The Morgan fingerprint density at radius 1 is 0.926 bits per heavy atom. The van der Waals surface area contributed by atoms with Gasteiger partial charge in [-0.1, -0.05) is 38.7 Å². The number of benzene rings is 2. The van der Waals surface area contributed by atoms with E-state index in [4.69, 9.17) is 19.5 Å². The number of ether oxygens (including phenoxy) is 3. The Labute approximate surface area is 160 Å². The fourth-order valence-electron chi connectivity index (χ4n) is 2.45. The predicted molar refractivity (Wildman–Crippen MR) is 103 cm³/mol. The highest BCUT2D eigenvalue weighted by atomic mass is 16.6. The fourth-order valence-corrected chi connectivity index (χ4v) is 2.45. The van der Waals surface area contributed by atoms with Crippen LogP contribution in [0.3, 0.4) is 0 Å². The minimum atomic E-state index is -0.512. The Bertz CT molecular complexity index is 750. The van der Waals surface area contributed by atoms with E-state index in [2.05, 4.69) is 6.92 Å². The van der Waals surface area contributed by atoms with Gasteiger partial charge >= 0.3 is 5.97 Å². The lowest BCUT2D eigenvalue weighted by Crippen LogP contribution is -2.17. The average molecular weight is 367 g/mol. The molecule has 0 bridgehead atoms. The zero-order valence-electron chi connectivity index (χ0n) is 15.6. The van der Waals surface area contributed by atoms with E-state index < -0.39 is 5.97 Å². The molecule has 0 saturated carbocycles. The second-order valence-corrected chi connectivity index (χ2v) is 6.14. The first-order valence-electron chi connectivity index (χ1n) is 9.27. The number of unbranched alkanes of at least 4 members (excludes halogenated alkanes) is 4. The van der Waals surface area contributed by atoms with E-state index in [9.17, 15) is 4.79 Å². The van der Waals surface area contributed by atoms with Crippen molar-refractivity contribution in [2.24, 2.45) is 0 Å². The Kier molecular flexibility index (Phi) is 8.72. The van der Waals surface area contributed by atoms with Crippen LogP contribution in [0.1, 0.15) is 44.6 Å². The molecule has 0 aliphatic heterocycles. The van der Waals surface area contributed by atoms with Crippen LogP contribution in [-0.2, 0) is 4.79 Å². The van der Waals surface area contributed by atoms with Crippen LogP contribution in [0.25, 0.3) is 0 Å². The number of hydrogen-bond acceptors (Lipinski definition) is 5. The SMILES string of the molecule is CCCCCCCOc1cccc(OCC(=O)Oc2ccc(C#N)cc2)c1. The van der Waals surface area contributed by atoms with Gasteiger partial charge in [0.1, 0.15) is 17.2 Å². The van der Waals surface area contributed by atoms with Crippen molar-refractivity contribution < 1.29 is 19.0 Å². The monoisotopic (exact) mass is 367 g/mol. The van der Waals surface area contributed by atoms with Crippen LogP contribution < -0.4 is 14.2 Å². The summed E-state index contributed by atoms with van der Waals surface area (Å²) in [5.41, 5.74) is 0.508. The molecular weight excluding hydrogens is 342 g/mol. The molecule has 5 nitrogen and oxygen atoms in total. The highest BCUT2D eigenvalue weighted by molar-refractivity contribution is 5.74. The fraction of sp³-hybridized carbons (Fsp3) is 0.364. The molecule has 0 aromatic heterocycles. The van der Waals surface area contributed by atoms with Crippen molar-refractivity contribution >= 4 is 5.97 Å². The molecule has 2 aromatic carbocycles. The van der Waals surface area contributed by atoms with E-state index in [0.717, 1.165) is 12.2 Å². The molecule has 142 valence electrons. The van der Waals surface area contributed by atoms with Gasteiger partial charge in [-0.05, 0) is 42.8 Å². The van der Waals surface area contributed by atoms with Crippen LogP contribution in [0.5, 0.6) is 17.2 Å². The number of rotatable bonds is 11. The second-order valence-electron chi connectivity index (χ2n) is 6.14. The van der Waals surface area contributed by atoms with Gasteiger partial charge in [0, 0.05) is 6.07 Å². The van der Waals surface area contributed by atoms with E-state index in [1.165, 1.54) is 25.7 Å². The number of nitriles is 1. The molecule has 0 aliphatic rings. The van der Waals surface area contributed by atoms with Gasteiger partial charge in [0.2, 0.25) is 0 Å². The van der Waals surface area contributed by atoms with E-state index in [-0.39, 0.29) is 6.61 Å². The third-order valence-electron chi connectivity index (χ3n) is 3.89. The zero-order valence-corrected chi connectivity index (χ0v) is 15.6. The Hall–Kier alpha value is -3.00. The first-order valence-corrected chi connectivity index (χ1v) is 9.27. The molecule has 0 fully saturated rings. The minimum Gasteiger partial charge on any atom is -0.493 e. The molecule has 0 unspecified atom stereocenters. The van der Waals surface area contributed by atoms with Crippen molar-refractivity contribution in [2.45, 2.75) is 39.0 Å². The van der Waals surface area contributed by atoms with Crippen LogP contribution >= 0.6 is 0 Å². The highest BCUT2D eigenvalue weighted by Crippen LogP contribution is 2.20. The number of hydrogen-bond donors (Lipinski definition) is 0. The third-order valence-corrected chi connectivity index (χ3v) is 3.89. The lowest BCUT2D eigenvalue weighted by Gasteiger charge is -2.09. The van der Waals surface area contributed by atoms with Gasteiger partial charge < -0.3 is 14.2 Å². The number of carbonyl (C=O) groups is 1. The maximum absolute atomic E-state index is 11.9. The molecule has 0 spiro atoms. The molecule has 2 aromatic rings. The first-order chi connectivity index (χ1) is 13.2. The summed E-state index contributed by atoms with van der Waals surface area (Å²) >= 11 is 0. The van der Waals surface area contributed by atoms with Crippen molar-refractivity contribution in [1.29, 1.82) is 5.26 Å². The molecule has 0 amide bonds. The summed E-state index contributed by atoms with van der Waals surface area (Å²) in [6.45, 7) is 2.66. The Morgan fingerprint density at radius 2 is 1.63 bits per heavy atom. The summed E-state index contributed by atoms with van der Waals surface area (Å²) in [4.78, 5) is 11.9. The van der Waals surface area contributed by atoms with Crippen LogP contribution in [0.4, 0.5) is 0 Å². The minimum absolute atomic E-state index is 0.208. The molecule has 2 rings (SSSR count). The van der Waals surface area contributed by atoms with Gasteiger partial charge in [-0.15, -0.1) is 0 Å². The molecule has 5 heteroatoms. The van der Waals surface area contributed by atoms with Crippen LogP contribution in [0, 0.1) is 11.3 Å². The summed E-state index contributed by atoms with van der Waals surface area (Å²) < 4.78 is 16.4. The van der Waals surface area contributed by atoms with E-state index in [0.29, 0.717) is 23.7 Å². The van der Waals surface area contributed by atoms with Crippen molar-refractivity contribution in [3.63, 3.8) is 0 Å². The standard InChI is InChI=1S/C22H25NO4/c1-2-3-4-5-6-14-25-20-8-7-9-21(15-20)26-17-22(24)27-19-12-10-18(16-23)11-13-19/h7-13,15H,2-6,14,17H2,1H3. The normalized spacial score (nSPS) is 10.1. The van der Waals surface area contributed by atoms with Crippen LogP contribution in [-0.4, -0.2) is 19.2 Å². The first kappa shape index (κ1) is 20.3. The van der Waals surface area contributed by atoms with E-state index >= 15 is 0 Å². The molecule has 0 radical (unpaired) electrons. The summed E-state index contributed by atoms with van der Waals surface area (Å²) in [7, 11) is 0. The number of esters is 1. The van der Waals surface area contributed by atoms with Gasteiger partial charge in [-0.25, -0.2) is 4.79 Å². The van der Waals surface area contributed by atoms with Gasteiger partial charge in [-0.3, -0.25) is 0 Å². The topological polar surface area (TPSA) is 68.6 Å². The number of nitrogens with zero attached hydrogens (tertiary/aromatic N) is 1. The smallest absolute Gasteiger partial charge is 0.349 e. The van der Waals surface area contributed by atoms with Crippen molar-refractivity contribution in [1.82, 2.24) is 0 Å². The molecular formula is C22H25NO4. The maximum atomic E-state index is 11.9. The molecule has 27 heavy (non-hydrogen) atoms. The zero-order chi connectivity index (χ0) is 19.3. The van der Waals surface area contributed by atoms with Gasteiger partial charge in [0.25, 0.3) is 0 Å². The Balaban J connectivity index is 1.73. The summed E-state index contributed by atoms with van der Waals surface area (Å²) in [5.74, 6) is 1.14. The van der Waals surface area contributed by atoms with E-state index in [1.54, 1.807) is 36.4 Å². The van der Waals surface area contributed by atoms with Gasteiger partial charge in [0.05, 0.1) is 18.2 Å². The van der Waals surface area contributed by atoms with Crippen LogP contribution in [0.15, 0.2) is 48.5 Å². The van der Waals surface area contributed by atoms with Crippen LogP contribution in [0.2, 0.25) is 0 Å². The quantitative estimate of drug-likeness (QED) is 0.321. The maximum Gasteiger partial charge on any atom is 0.349 e. The molecule has 0 heterocycles. The summed E-state index contributed by atoms with van der Waals surface area (Å²) in [5, 5.41) is 8.76. The molecule has 0 aliphatic carbocycles. The average Bonchev–Trinajstić information content (AvgIpc) is 2.70. The highest BCUT2D eigenvalue weighted by Gasteiger charge is 2.07. The molecule has 0 saturated heterocycles. The Morgan fingerprint density at radius 3 is 2.33 bits per heavy atom. The van der Waals surface area contributed by atoms with Crippen molar-refractivity contribution in [3.05, 3.63) is 54.1 Å². The largest absolute Gasteiger partial charge is 0.493 e. The lowest BCUT2D eigenvalue weighted by molar-refractivity contribution is -0.136. The summed E-state index contributed by atoms with van der Waals surface area (Å²) in [6, 6.07) is 15.6. The van der Waals surface area contributed by atoms with Gasteiger partial charge in [0.15, 0.2) is 6.61 Å². The molecule has 0 N–H and O–H groups in total. The second kappa shape index (κ2) is 11.6. The number of carbonyl (C=O) groups excluding carboxylic acids is 1. The summed E-state index contributed by atoms with van der Waals surface area (Å²) in [6.07, 6.45) is 5.94.